The fraction of sp³-hybridized carbons (Fsp3) is 0.250. The second-order valence-corrected chi connectivity index (χ2v) is 8.28. The number of halogens is 2. The molecule has 1 aliphatic rings. The van der Waals surface area contributed by atoms with Gasteiger partial charge in [0.15, 0.2) is 0 Å². The summed E-state index contributed by atoms with van der Waals surface area (Å²) in [5.74, 6) is -0.0267. The molecule has 1 saturated heterocycles. The van der Waals surface area contributed by atoms with Crippen LogP contribution in [0.1, 0.15) is 0 Å². The standard InChI is InChI=1S/C16H14Cl2N2O6S/c17-12-2-1-3-15(16(12)18)26-14-5-4-11(10-13(14)20(21)22)27(23,24)19-6-8-25-9-7-19/h1-5,10H,6-9H2. The normalized spacial score (nSPS) is 15.5. The predicted molar refractivity (Wildman–Crippen MR) is 99.2 cm³/mol. The number of ether oxygens (including phenoxy) is 2. The monoisotopic (exact) mass is 432 g/mol. The van der Waals surface area contributed by atoms with Crippen molar-refractivity contribution in [2.75, 3.05) is 26.3 Å². The number of hydrogen-bond donors (Lipinski definition) is 0. The van der Waals surface area contributed by atoms with Crippen LogP contribution in [0.4, 0.5) is 5.69 Å². The van der Waals surface area contributed by atoms with Gasteiger partial charge in [-0.1, -0.05) is 29.3 Å². The van der Waals surface area contributed by atoms with Crippen LogP contribution in [0.2, 0.25) is 10.0 Å². The van der Waals surface area contributed by atoms with Gasteiger partial charge in [-0.05, 0) is 24.3 Å². The Bertz CT molecular complexity index is 977. The van der Waals surface area contributed by atoms with Crippen LogP contribution < -0.4 is 4.74 Å². The van der Waals surface area contributed by atoms with Crippen molar-refractivity contribution in [3.8, 4) is 11.5 Å². The van der Waals surface area contributed by atoms with E-state index in [1.807, 2.05) is 0 Å². The summed E-state index contributed by atoms with van der Waals surface area (Å²) < 4.78 is 37.3. The number of rotatable bonds is 5. The zero-order valence-electron chi connectivity index (χ0n) is 13.8. The van der Waals surface area contributed by atoms with Crippen LogP contribution in [-0.2, 0) is 14.8 Å². The Hall–Kier alpha value is -1.91. The van der Waals surface area contributed by atoms with Gasteiger partial charge < -0.3 is 9.47 Å². The van der Waals surface area contributed by atoms with Gasteiger partial charge in [0.1, 0.15) is 10.8 Å². The number of hydrogen-bond acceptors (Lipinski definition) is 6. The first-order valence-electron chi connectivity index (χ1n) is 7.79. The quantitative estimate of drug-likeness (QED) is 0.527. The van der Waals surface area contributed by atoms with Crippen LogP contribution in [0.5, 0.6) is 11.5 Å². The average Bonchev–Trinajstić information content (AvgIpc) is 2.66. The van der Waals surface area contributed by atoms with E-state index in [-0.39, 0.29) is 52.7 Å². The molecule has 0 radical (unpaired) electrons. The smallest absolute Gasteiger partial charge is 0.312 e. The molecule has 11 heteroatoms. The molecule has 0 N–H and O–H groups in total. The molecule has 8 nitrogen and oxygen atoms in total. The minimum absolute atomic E-state index is 0.0958. The molecule has 27 heavy (non-hydrogen) atoms. The van der Waals surface area contributed by atoms with Crippen molar-refractivity contribution in [2.45, 2.75) is 4.90 Å². The van der Waals surface area contributed by atoms with Crippen molar-refractivity contribution in [3.63, 3.8) is 0 Å². The van der Waals surface area contributed by atoms with Gasteiger partial charge in [-0.25, -0.2) is 8.42 Å². The molecule has 1 fully saturated rings. The SMILES string of the molecule is O=[N+]([O-])c1cc(S(=O)(=O)N2CCOCC2)ccc1Oc1cccc(Cl)c1Cl. The Kier molecular flexibility index (Phi) is 5.87. The Morgan fingerprint density at radius 2 is 1.81 bits per heavy atom. The van der Waals surface area contributed by atoms with E-state index < -0.39 is 20.6 Å². The lowest BCUT2D eigenvalue weighted by Gasteiger charge is -2.26. The molecule has 0 bridgehead atoms. The largest absolute Gasteiger partial charge is 0.448 e. The van der Waals surface area contributed by atoms with Gasteiger partial charge in [0.05, 0.1) is 28.1 Å². The van der Waals surface area contributed by atoms with Crippen LogP contribution in [-0.4, -0.2) is 43.9 Å². The Labute approximate surface area is 165 Å². The van der Waals surface area contributed by atoms with Crippen molar-refractivity contribution >= 4 is 38.9 Å². The van der Waals surface area contributed by atoms with E-state index in [0.717, 1.165) is 6.07 Å². The molecule has 0 aliphatic carbocycles. The van der Waals surface area contributed by atoms with Crippen LogP contribution >= 0.6 is 23.2 Å². The average molecular weight is 433 g/mol. The fourth-order valence-corrected chi connectivity index (χ4v) is 4.26. The van der Waals surface area contributed by atoms with Gasteiger partial charge in [-0.2, -0.15) is 4.31 Å². The molecule has 2 aromatic rings. The van der Waals surface area contributed by atoms with Gasteiger partial charge in [0, 0.05) is 19.2 Å². The summed E-state index contributed by atoms with van der Waals surface area (Å²) in [5.41, 5.74) is -0.500. The van der Waals surface area contributed by atoms with Crippen molar-refractivity contribution in [2.24, 2.45) is 0 Å². The molecule has 3 rings (SSSR count). The number of nitro groups is 1. The highest BCUT2D eigenvalue weighted by molar-refractivity contribution is 7.89. The molecule has 1 aliphatic heterocycles. The highest BCUT2D eigenvalue weighted by Crippen LogP contribution is 2.39. The number of sulfonamides is 1. The lowest BCUT2D eigenvalue weighted by molar-refractivity contribution is -0.385. The summed E-state index contributed by atoms with van der Waals surface area (Å²) in [6.07, 6.45) is 0. The third-order valence-electron chi connectivity index (χ3n) is 3.87. The van der Waals surface area contributed by atoms with E-state index >= 15 is 0 Å². The number of benzene rings is 2. The predicted octanol–water partition coefficient (Wildman–Crippen LogP) is 3.71. The first kappa shape index (κ1) is 19.8. The van der Waals surface area contributed by atoms with Crippen molar-refractivity contribution in [1.82, 2.24) is 4.31 Å². The van der Waals surface area contributed by atoms with Gasteiger partial charge >= 0.3 is 5.69 Å². The molecular weight excluding hydrogens is 419 g/mol. The molecule has 0 aromatic heterocycles. The van der Waals surface area contributed by atoms with Crippen LogP contribution in [0.15, 0.2) is 41.3 Å². The lowest BCUT2D eigenvalue weighted by Crippen LogP contribution is -2.40. The maximum absolute atomic E-state index is 12.7. The van der Waals surface area contributed by atoms with Gasteiger partial charge in [-0.15, -0.1) is 0 Å². The zero-order chi connectivity index (χ0) is 19.6. The van der Waals surface area contributed by atoms with Gasteiger partial charge in [-0.3, -0.25) is 10.1 Å². The highest BCUT2D eigenvalue weighted by Gasteiger charge is 2.29. The van der Waals surface area contributed by atoms with Crippen LogP contribution in [0.25, 0.3) is 0 Å². The molecule has 144 valence electrons. The summed E-state index contributed by atoms with van der Waals surface area (Å²) in [7, 11) is -3.88. The summed E-state index contributed by atoms with van der Waals surface area (Å²) in [6.45, 7) is 0.921. The molecule has 1 heterocycles. The minimum atomic E-state index is -3.88. The fourth-order valence-electron chi connectivity index (χ4n) is 2.50. The zero-order valence-corrected chi connectivity index (χ0v) is 16.1. The Morgan fingerprint density at radius 3 is 2.48 bits per heavy atom. The minimum Gasteiger partial charge on any atom is -0.448 e. The number of nitro benzene ring substituents is 1. The summed E-state index contributed by atoms with van der Waals surface area (Å²) in [6, 6.07) is 8.07. The van der Waals surface area contributed by atoms with Gasteiger partial charge in [0.25, 0.3) is 0 Å². The second-order valence-electron chi connectivity index (χ2n) is 5.56. The maximum Gasteiger partial charge on any atom is 0.312 e. The van der Waals surface area contributed by atoms with E-state index in [4.69, 9.17) is 32.7 Å². The van der Waals surface area contributed by atoms with E-state index in [2.05, 4.69) is 0 Å². The molecule has 2 aromatic carbocycles. The topological polar surface area (TPSA) is 99.0 Å². The number of morpholine rings is 1. The summed E-state index contributed by atoms with van der Waals surface area (Å²) in [4.78, 5) is 10.5. The van der Waals surface area contributed by atoms with Gasteiger partial charge in [0.2, 0.25) is 15.8 Å². The third-order valence-corrected chi connectivity index (χ3v) is 6.57. The molecular formula is C16H14Cl2N2O6S. The van der Waals surface area contributed by atoms with E-state index in [1.165, 1.54) is 22.5 Å². The molecule has 0 amide bonds. The Balaban J connectivity index is 1.98. The number of nitrogens with zero attached hydrogens (tertiary/aromatic N) is 2. The second kappa shape index (κ2) is 7.99. The molecule has 0 spiro atoms. The summed E-state index contributed by atoms with van der Waals surface area (Å²) in [5, 5.41) is 11.8. The summed E-state index contributed by atoms with van der Waals surface area (Å²) >= 11 is 12.0. The van der Waals surface area contributed by atoms with E-state index in [1.54, 1.807) is 12.1 Å². The van der Waals surface area contributed by atoms with Crippen molar-refractivity contribution in [1.29, 1.82) is 0 Å². The van der Waals surface area contributed by atoms with E-state index in [9.17, 15) is 18.5 Å². The molecule has 0 unspecified atom stereocenters. The first-order chi connectivity index (χ1) is 12.8. The molecule has 0 atom stereocenters. The lowest BCUT2D eigenvalue weighted by atomic mass is 10.3. The third kappa shape index (κ3) is 4.17. The van der Waals surface area contributed by atoms with Crippen molar-refractivity contribution in [3.05, 3.63) is 56.6 Å². The molecule has 0 saturated carbocycles. The van der Waals surface area contributed by atoms with E-state index in [0.29, 0.717) is 0 Å². The van der Waals surface area contributed by atoms with Crippen LogP contribution in [0.3, 0.4) is 0 Å². The van der Waals surface area contributed by atoms with Crippen molar-refractivity contribution < 1.29 is 22.8 Å². The first-order valence-corrected chi connectivity index (χ1v) is 9.98. The maximum atomic E-state index is 12.7. The highest BCUT2D eigenvalue weighted by atomic mass is 35.5. The Morgan fingerprint density at radius 1 is 1.11 bits per heavy atom. The van der Waals surface area contributed by atoms with Crippen LogP contribution in [0, 0.1) is 10.1 Å².